The normalized spacial score (nSPS) is 13.1. The van der Waals surface area contributed by atoms with Crippen LogP contribution >= 0.6 is 35.3 Å². The van der Waals surface area contributed by atoms with E-state index in [9.17, 15) is 4.39 Å². The quantitative estimate of drug-likeness (QED) is 0.244. The molecule has 0 fully saturated rings. The number of hydrogen-bond donors (Lipinski definition) is 2. The maximum atomic E-state index is 13.4. The van der Waals surface area contributed by atoms with Gasteiger partial charge < -0.3 is 20.1 Å². The maximum absolute atomic E-state index is 13.4. The Morgan fingerprint density at radius 3 is 2.78 bits per heavy atom. The first-order valence-electron chi connectivity index (χ1n) is 10.3. The lowest BCUT2D eigenvalue weighted by Crippen LogP contribution is -2.32. The first kappa shape index (κ1) is 24.2. The Morgan fingerprint density at radius 1 is 1.16 bits per heavy atom. The van der Waals surface area contributed by atoms with E-state index in [1.54, 1.807) is 23.5 Å². The number of nitrogens with zero attached hydrogens (tertiary/aromatic N) is 2. The smallest absolute Gasteiger partial charge is 0.196 e. The van der Waals surface area contributed by atoms with Crippen molar-refractivity contribution in [3.05, 3.63) is 69.9 Å². The number of aryl methyl sites for hydroxylation is 1. The molecule has 2 heterocycles. The molecule has 0 atom stereocenters. The molecule has 0 saturated carbocycles. The van der Waals surface area contributed by atoms with Gasteiger partial charge in [-0.25, -0.2) is 14.4 Å². The van der Waals surface area contributed by atoms with E-state index >= 15 is 0 Å². The molecule has 1 aliphatic rings. The molecule has 0 aliphatic carbocycles. The van der Waals surface area contributed by atoms with Gasteiger partial charge in [0.1, 0.15) is 5.82 Å². The number of nitrogens with one attached hydrogen (secondary N) is 2. The predicted octanol–water partition coefficient (Wildman–Crippen LogP) is 5.17. The molecule has 0 saturated heterocycles. The van der Waals surface area contributed by atoms with Gasteiger partial charge in [-0.3, -0.25) is 0 Å². The number of aliphatic imine (C=N–C) groups is 1. The standard InChI is InChI=1S/C23H25FN4O2S.HI/c1-16-22(31-15-27-16)14-26-23(25-9-8-17-4-2-5-18(24)12-17)28-19-6-7-20-21(13-19)30-11-3-10-29-20;/h2,4-7,12-13,15H,3,8-11,14H2,1H3,(H2,25,26,28);1H. The molecule has 3 aromatic rings. The highest BCUT2D eigenvalue weighted by Crippen LogP contribution is 2.32. The van der Waals surface area contributed by atoms with Crippen LogP contribution in [0.5, 0.6) is 11.5 Å². The number of hydrogen-bond acceptors (Lipinski definition) is 5. The largest absolute Gasteiger partial charge is 0.490 e. The lowest BCUT2D eigenvalue weighted by Gasteiger charge is -2.15. The van der Waals surface area contributed by atoms with E-state index in [0.717, 1.165) is 39.7 Å². The molecule has 0 bridgehead atoms. The zero-order chi connectivity index (χ0) is 21.5. The van der Waals surface area contributed by atoms with E-state index in [1.165, 1.54) is 6.07 Å². The number of ether oxygens (including phenoxy) is 2. The van der Waals surface area contributed by atoms with Crippen LogP contribution in [0.25, 0.3) is 0 Å². The van der Waals surface area contributed by atoms with Gasteiger partial charge >= 0.3 is 0 Å². The number of fused-ring (bicyclic) bond motifs is 1. The first-order valence-corrected chi connectivity index (χ1v) is 11.1. The number of thiazole rings is 1. The molecule has 6 nitrogen and oxygen atoms in total. The fraction of sp³-hybridized carbons (Fsp3) is 0.304. The first-order chi connectivity index (χ1) is 15.2. The van der Waals surface area contributed by atoms with E-state index in [4.69, 9.17) is 14.5 Å². The average Bonchev–Trinajstić information content (AvgIpc) is 3.03. The average molecular weight is 568 g/mol. The van der Waals surface area contributed by atoms with Gasteiger partial charge in [0, 0.05) is 29.6 Å². The number of halogens is 2. The van der Waals surface area contributed by atoms with Gasteiger partial charge in [-0.1, -0.05) is 12.1 Å². The molecule has 0 unspecified atom stereocenters. The molecule has 0 radical (unpaired) electrons. The monoisotopic (exact) mass is 568 g/mol. The Labute approximate surface area is 208 Å². The van der Waals surface area contributed by atoms with Crippen molar-refractivity contribution in [3.63, 3.8) is 0 Å². The van der Waals surface area contributed by atoms with E-state index in [2.05, 4.69) is 15.6 Å². The summed E-state index contributed by atoms with van der Waals surface area (Å²) in [5, 5.41) is 6.68. The van der Waals surface area contributed by atoms with Gasteiger partial charge in [-0.2, -0.15) is 0 Å². The van der Waals surface area contributed by atoms with E-state index < -0.39 is 0 Å². The van der Waals surface area contributed by atoms with Crippen molar-refractivity contribution < 1.29 is 13.9 Å². The van der Waals surface area contributed by atoms with Crippen molar-refractivity contribution in [3.8, 4) is 11.5 Å². The Kier molecular flexibility index (Phi) is 9.10. The molecule has 1 aliphatic heterocycles. The van der Waals surface area contributed by atoms with Crippen LogP contribution in [0.15, 0.2) is 53.0 Å². The molecule has 2 aromatic carbocycles. The fourth-order valence-electron chi connectivity index (χ4n) is 3.16. The van der Waals surface area contributed by atoms with Crippen LogP contribution in [0, 0.1) is 12.7 Å². The zero-order valence-electron chi connectivity index (χ0n) is 17.8. The van der Waals surface area contributed by atoms with Gasteiger partial charge in [0.25, 0.3) is 0 Å². The second-order valence-corrected chi connectivity index (χ2v) is 8.11. The predicted molar refractivity (Wildman–Crippen MR) is 137 cm³/mol. The van der Waals surface area contributed by atoms with Crippen LogP contribution in [0.2, 0.25) is 0 Å². The lowest BCUT2D eigenvalue weighted by atomic mass is 10.1. The van der Waals surface area contributed by atoms with Gasteiger partial charge in [-0.15, -0.1) is 35.3 Å². The summed E-state index contributed by atoms with van der Waals surface area (Å²) in [6, 6.07) is 12.4. The number of benzene rings is 2. The highest BCUT2D eigenvalue weighted by atomic mass is 127. The van der Waals surface area contributed by atoms with Crippen LogP contribution < -0.4 is 20.1 Å². The summed E-state index contributed by atoms with van der Waals surface area (Å²) < 4.78 is 24.9. The van der Waals surface area contributed by atoms with Crippen LogP contribution in [0.1, 0.15) is 22.6 Å². The molecule has 9 heteroatoms. The van der Waals surface area contributed by atoms with Crippen molar-refractivity contribution in [1.82, 2.24) is 10.3 Å². The highest BCUT2D eigenvalue weighted by molar-refractivity contribution is 14.0. The van der Waals surface area contributed by atoms with Gasteiger partial charge in [0.15, 0.2) is 17.5 Å². The molecule has 4 rings (SSSR count). The van der Waals surface area contributed by atoms with Gasteiger partial charge in [0.2, 0.25) is 0 Å². The Morgan fingerprint density at radius 2 is 2.00 bits per heavy atom. The van der Waals surface area contributed by atoms with Crippen molar-refractivity contribution >= 4 is 47.0 Å². The summed E-state index contributed by atoms with van der Waals surface area (Å²) in [5.41, 5.74) is 4.60. The number of guanidine groups is 1. The third-order valence-electron chi connectivity index (χ3n) is 4.83. The molecular formula is C23H26FIN4O2S. The molecular weight excluding hydrogens is 542 g/mol. The maximum Gasteiger partial charge on any atom is 0.196 e. The lowest BCUT2D eigenvalue weighted by molar-refractivity contribution is 0.297. The van der Waals surface area contributed by atoms with Gasteiger partial charge in [-0.05, 0) is 43.2 Å². The minimum atomic E-state index is -0.225. The summed E-state index contributed by atoms with van der Waals surface area (Å²) in [7, 11) is 0. The van der Waals surface area contributed by atoms with Crippen molar-refractivity contribution in [1.29, 1.82) is 0 Å². The van der Waals surface area contributed by atoms with E-state index in [0.29, 0.717) is 38.7 Å². The van der Waals surface area contributed by atoms with Gasteiger partial charge in [0.05, 0.1) is 31.0 Å². The molecule has 2 N–H and O–H groups in total. The Bertz CT molecular complexity index is 1060. The van der Waals surface area contributed by atoms with Crippen LogP contribution in [0.4, 0.5) is 10.1 Å². The molecule has 170 valence electrons. The number of anilines is 1. The van der Waals surface area contributed by atoms with Crippen molar-refractivity contribution in [2.24, 2.45) is 4.99 Å². The summed E-state index contributed by atoms with van der Waals surface area (Å²) in [5.74, 6) is 1.89. The molecule has 1 aromatic heterocycles. The summed E-state index contributed by atoms with van der Waals surface area (Å²) >= 11 is 1.59. The Balaban J connectivity index is 0.00000289. The van der Waals surface area contributed by atoms with E-state index in [-0.39, 0.29) is 29.8 Å². The second-order valence-electron chi connectivity index (χ2n) is 7.17. The fourth-order valence-corrected chi connectivity index (χ4v) is 3.86. The topological polar surface area (TPSA) is 67.8 Å². The highest BCUT2D eigenvalue weighted by Gasteiger charge is 2.12. The zero-order valence-corrected chi connectivity index (χ0v) is 20.9. The SMILES string of the molecule is Cc1ncsc1CN=C(NCCc1cccc(F)c1)Nc1ccc2c(c1)OCCCO2.I. The third kappa shape index (κ3) is 6.80. The summed E-state index contributed by atoms with van der Waals surface area (Å²) in [6.07, 6.45) is 1.54. The molecule has 32 heavy (non-hydrogen) atoms. The molecule has 0 amide bonds. The number of aromatic nitrogens is 1. The van der Waals surface area contributed by atoms with Crippen LogP contribution in [-0.4, -0.2) is 30.7 Å². The van der Waals surface area contributed by atoms with Crippen LogP contribution in [-0.2, 0) is 13.0 Å². The minimum Gasteiger partial charge on any atom is -0.490 e. The Hall–Kier alpha value is -2.40. The van der Waals surface area contributed by atoms with Crippen molar-refractivity contribution in [2.45, 2.75) is 26.3 Å². The minimum absolute atomic E-state index is 0. The van der Waals surface area contributed by atoms with Crippen LogP contribution in [0.3, 0.4) is 0 Å². The van der Waals surface area contributed by atoms with E-state index in [1.807, 2.05) is 36.7 Å². The summed E-state index contributed by atoms with van der Waals surface area (Å²) in [6.45, 7) is 4.41. The van der Waals surface area contributed by atoms with Crippen molar-refractivity contribution in [2.75, 3.05) is 25.1 Å². The second kappa shape index (κ2) is 12.0. The number of rotatable bonds is 6. The summed E-state index contributed by atoms with van der Waals surface area (Å²) in [4.78, 5) is 10.1. The third-order valence-corrected chi connectivity index (χ3v) is 5.75. The molecule has 0 spiro atoms.